The molecule has 4 nitrogen and oxygen atoms in total. The van der Waals surface area contributed by atoms with Crippen LogP contribution in [0.2, 0.25) is 5.02 Å². The molecule has 0 amide bonds. The molecule has 0 spiro atoms. The summed E-state index contributed by atoms with van der Waals surface area (Å²) in [6.07, 6.45) is 0.371. The minimum atomic E-state index is -0.589. The Morgan fingerprint density at radius 3 is 2.69 bits per heavy atom. The van der Waals surface area contributed by atoms with E-state index in [0.717, 1.165) is 16.2 Å². The average molecular weight is 473 g/mol. The first-order valence-electron chi connectivity index (χ1n) is 10.3. The first-order chi connectivity index (χ1) is 15.6. The van der Waals surface area contributed by atoms with E-state index in [4.69, 9.17) is 25.8 Å². The Balaban J connectivity index is 1.31. The number of fused-ring (bicyclic) bond motifs is 1. The van der Waals surface area contributed by atoms with Crippen molar-refractivity contribution in [1.29, 1.82) is 0 Å². The molecule has 0 N–H and O–H groups in total. The van der Waals surface area contributed by atoms with Gasteiger partial charge in [-0.3, -0.25) is 4.79 Å². The van der Waals surface area contributed by atoms with E-state index < -0.39 is 12.1 Å². The highest BCUT2D eigenvalue weighted by molar-refractivity contribution is 7.99. The van der Waals surface area contributed by atoms with E-state index in [1.54, 1.807) is 11.8 Å². The van der Waals surface area contributed by atoms with Crippen molar-refractivity contribution in [3.8, 4) is 5.75 Å². The summed E-state index contributed by atoms with van der Waals surface area (Å²) >= 11 is 7.54. The molecule has 0 saturated heterocycles. The van der Waals surface area contributed by atoms with Crippen molar-refractivity contribution in [1.82, 2.24) is 0 Å². The number of benzene rings is 3. The van der Waals surface area contributed by atoms with Gasteiger partial charge in [0.05, 0.1) is 6.61 Å². The summed E-state index contributed by atoms with van der Waals surface area (Å²) in [4.78, 5) is 13.3. The van der Waals surface area contributed by atoms with Crippen molar-refractivity contribution in [2.75, 3.05) is 5.75 Å². The Bertz CT molecular complexity index is 1060. The molecule has 1 aliphatic rings. The Morgan fingerprint density at radius 2 is 1.91 bits per heavy atom. The van der Waals surface area contributed by atoms with Gasteiger partial charge in [0.15, 0.2) is 0 Å². The lowest BCUT2D eigenvalue weighted by Gasteiger charge is -2.28. The van der Waals surface area contributed by atoms with E-state index in [-0.39, 0.29) is 25.6 Å². The van der Waals surface area contributed by atoms with Crippen LogP contribution in [-0.4, -0.2) is 11.7 Å². The second-order valence-corrected chi connectivity index (χ2v) is 8.90. The van der Waals surface area contributed by atoms with Crippen LogP contribution in [0.5, 0.6) is 5.75 Å². The van der Waals surface area contributed by atoms with Crippen LogP contribution in [0.25, 0.3) is 0 Å². The molecular weight excluding hydrogens is 451 g/mol. The molecule has 3 aromatic rings. The third-order valence-corrected chi connectivity index (χ3v) is 6.24. The van der Waals surface area contributed by atoms with Gasteiger partial charge in [-0.05, 0) is 48.6 Å². The maximum atomic E-state index is 14.1. The van der Waals surface area contributed by atoms with Crippen LogP contribution >= 0.6 is 23.4 Å². The number of hydrogen-bond acceptors (Lipinski definition) is 5. The molecule has 32 heavy (non-hydrogen) atoms. The molecule has 0 unspecified atom stereocenters. The van der Waals surface area contributed by atoms with E-state index in [1.165, 1.54) is 12.1 Å². The Hall–Kier alpha value is -2.54. The summed E-state index contributed by atoms with van der Waals surface area (Å²) in [6.45, 7) is 0.167. The van der Waals surface area contributed by atoms with Gasteiger partial charge in [0.1, 0.15) is 18.2 Å². The van der Waals surface area contributed by atoms with Crippen molar-refractivity contribution in [3.05, 3.63) is 94.3 Å². The fourth-order valence-corrected chi connectivity index (χ4v) is 4.31. The van der Waals surface area contributed by atoms with Crippen LogP contribution in [0.4, 0.5) is 4.39 Å². The smallest absolute Gasteiger partial charge is 0.306 e. The van der Waals surface area contributed by atoms with E-state index in [2.05, 4.69) is 0 Å². The maximum absolute atomic E-state index is 14.1. The molecule has 0 saturated carbocycles. The van der Waals surface area contributed by atoms with E-state index >= 15 is 0 Å². The number of hydrogen-bond donors (Lipinski definition) is 0. The van der Waals surface area contributed by atoms with E-state index in [0.29, 0.717) is 28.3 Å². The monoisotopic (exact) mass is 472 g/mol. The van der Waals surface area contributed by atoms with Crippen LogP contribution in [0.1, 0.15) is 35.8 Å². The predicted octanol–water partition coefficient (Wildman–Crippen LogP) is 6.70. The molecule has 1 aliphatic heterocycles. The summed E-state index contributed by atoms with van der Waals surface area (Å²) < 4.78 is 31.2. The largest absolute Gasteiger partial charge is 0.461 e. The van der Waals surface area contributed by atoms with Gasteiger partial charge in [0.2, 0.25) is 6.29 Å². The quantitative estimate of drug-likeness (QED) is 0.207. The molecule has 0 radical (unpaired) electrons. The minimum Gasteiger partial charge on any atom is -0.461 e. The molecular formula is C25H22ClFO4S. The molecule has 0 bridgehead atoms. The van der Waals surface area contributed by atoms with Gasteiger partial charge in [-0.2, -0.15) is 0 Å². The molecule has 0 aliphatic carbocycles. The highest BCUT2D eigenvalue weighted by atomic mass is 35.5. The SMILES string of the molecule is O=C(CCCSc1ccc(Cl)cc1)OCc1cc(F)cc2c1O[C@@H](c1ccccc1)OC2. The van der Waals surface area contributed by atoms with E-state index in [1.807, 2.05) is 54.6 Å². The second-order valence-electron chi connectivity index (χ2n) is 7.29. The highest BCUT2D eigenvalue weighted by Crippen LogP contribution is 2.36. The van der Waals surface area contributed by atoms with Crippen molar-refractivity contribution in [3.63, 3.8) is 0 Å². The Labute approximate surface area is 195 Å². The third kappa shape index (κ3) is 6.03. The molecule has 1 heterocycles. The molecule has 0 aromatic heterocycles. The zero-order valence-electron chi connectivity index (χ0n) is 17.3. The standard InChI is InChI=1S/C25H22ClFO4S/c26-20-8-10-22(11-9-20)32-12-4-7-23(28)29-15-18-13-21(27)14-19-16-30-25(31-24(18)19)17-5-2-1-3-6-17/h1-3,5-6,8-11,13-14,25H,4,7,12,15-16H2/t25-/m0/s1. The second kappa shape index (κ2) is 10.9. The van der Waals surface area contributed by atoms with Crippen LogP contribution in [-0.2, 0) is 27.5 Å². The lowest BCUT2D eigenvalue weighted by Crippen LogP contribution is -2.20. The van der Waals surface area contributed by atoms with Crippen LogP contribution in [0, 0.1) is 5.82 Å². The van der Waals surface area contributed by atoms with E-state index in [9.17, 15) is 9.18 Å². The molecule has 166 valence electrons. The molecule has 4 rings (SSSR count). The van der Waals surface area contributed by atoms with Gasteiger partial charge in [-0.25, -0.2) is 4.39 Å². The predicted molar refractivity (Wildman–Crippen MR) is 122 cm³/mol. The third-order valence-electron chi connectivity index (χ3n) is 4.89. The number of halogens is 2. The topological polar surface area (TPSA) is 44.8 Å². The Kier molecular flexibility index (Phi) is 7.68. The fraction of sp³-hybridized carbons (Fsp3) is 0.240. The summed E-state index contributed by atoms with van der Waals surface area (Å²) in [5.74, 6) is 0.550. The fourth-order valence-electron chi connectivity index (χ4n) is 3.33. The zero-order chi connectivity index (χ0) is 22.3. The lowest BCUT2D eigenvalue weighted by molar-refractivity contribution is -0.145. The van der Waals surface area contributed by atoms with Crippen molar-refractivity contribution >= 4 is 29.3 Å². The maximum Gasteiger partial charge on any atom is 0.306 e. The summed E-state index contributed by atoms with van der Waals surface area (Å²) in [5.41, 5.74) is 1.96. The van der Waals surface area contributed by atoms with Gasteiger partial charge in [-0.15, -0.1) is 11.8 Å². The number of thioether (sulfide) groups is 1. The lowest BCUT2D eigenvalue weighted by atomic mass is 10.1. The van der Waals surface area contributed by atoms with Crippen LogP contribution in [0.3, 0.4) is 0 Å². The number of rotatable bonds is 8. The number of ether oxygens (including phenoxy) is 3. The zero-order valence-corrected chi connectivity index (χ0v) is 18.8. The van der Waals surface area contributed by atoms with Gasteiger partial charge in [0.25, 0.3) is 0 Å². The van der Waals surface area contributed by atoms with Gasteiger partial charge in [0, 0.05) is 33.0 Å². The van der Waals surface area contributed by atoms with Gasteiger partial charge >= 0.3 is 5.97 Å². The summed E-state index contributed by atoms with van der Waals surface area (Å²) in [6, 6.07) is 19.8. The molecule has 0 fully saturated rings. The number of esters is 1. The highest BCUT2D eigenvalue weighted by Gasteiger charge is 2.25. The molecule has 3 aromatic carbocycles. The summed E-state index contributed by atoms with van der Waals surface area (Å²) in [7, 11) is 0. The number of carbonyl (C=O) groups excluding carboxylic acids is 1. The van der Waals surface area contributed by atoms with Crippen molar-refractivity contribution < 1.29 is 23.4 Å². The van der Waals surface area contributed by atoms with Crippen LogP contribution < -0.4 is 4.74 Å². The molecule has 1 atom stereocenters. The first-order valence-corrected chi connectivity index (χ1v) is 11.6. The van der Waals surface area contributed by atoms with Crippen molar-refractivity contribution in [2.24, 2.45) is 0 Å². The first kappa shape index (κ1) is 22.6. The molecule has 7 heteroatoms. The average Bonchev–Trinajstić information content (AvgIpc) is 2.81. The van der Waals surface area contributed by atoms with Gasteiger partial charge < -0.3 is 14.2 Å². The van der Waals surface area contributed by atoms with Gasteiger partial charge in [-0.1, -0.05) is 41.9 Å². The van der Waals surface area contributed by atoms with Crippen molar-refractivity contribution in [2.45, 2.75) is 37.2 Å². The van der Waals surface area contributed by atoms with Crippen LogP contribution in [0.15, 0.2) is 71.6 Å². The minimum absolute atomic E-state index is 0.0508. The Morgan fingerprint density at radius 1 is 1.12 bits per heavy atom. The number of carbonyl (C=O) groups is 1. The summed E-state index contributed by atoms with van der Waals surface area (Å²) in [5, 5.41) is 0.697. The normalized spacial score (nSPS) is 15.0.